The first-order chi connectivity index (χ1) is 49.6. The number of nitrogens with one attached hydrogen (secondary N) is 1. The summed E-state index contributed by atoms with van der Waals surface area (Å²) in [5.41, 5.74) is 22.7. The lowest BCUT2D eigenvalue weighted by molar-refractivity contribution is -0.187. The summed E-state index contributed by atoms with van der Waals surface area (Å²) in [7, 11) is 0. The van der Waals surface area contributed by atoms with E-state index in [-0.39, 0.29) is 168 Å². The average molecular weight is 1500 g/mol. The van der Waals surface area contributed by atoms with Gasteiger partial charge in [-0.2, -0.15) is 0 Å². The van der Waals surface area contributed by atoms with Gasteiger partial charge in [0.1, 0.15) is 12.2 Å². The molecule has 5 heterocycles. The fourth-order valence-corrected chi connectivity index (χ4v) is 11.7. The van der Waals surface area contributed by atoms with Gasteiger partial charge >= 0.3 is 11.9 Å². The molecule has 5 aliphatic rings. The third-order valence-corrected chi connectivity index (χ3v) is 17.5. The van der Waals surface area contributed by atoms with Crippen molar-refractivity contribution < 1.29 is 119 Å². The first-order valence-corrected chi connectivity index (χ1v) is 34.0. The molecule has 31 nitrogen and oxygen atoms in total. The van der Waals surface area contributed by atoms with Crippen LogP contribution in [-0.2, 0) is 90.0 Å². The molecule has 5 fully saturated rings. The van der Waals surface area contributed by atoms with Crippen LogP contribution in [0.4, 0.5) is 0 Å². The molecule has 15 unspecified atom stereocenters. The molecule has 0 aliphatic carbocycles. The highest BCUT2D eigenvalue weighted by molar-refractivity contribution is 5.97. The van der Waals surface area contributed by atoms with Crippen molar-refractivity contribution in [3.8, 4) is 0 Å². The quantitative estimate of drug-likeness (QED) is 0.0137. The lowest BCUT2D eigenvalue weighted by atomic mass is 9.90. The van der Waals surface area contributed by atoms with E-state index in [9.17, 15) is 39.9 Å². The van der Waals surface area contributed by atoms with Crippen molar-refractivity contribution in [3.63, 3.8) is 0 Å². The maximum Gasteiger partial charge on any atom is 0.332 e. The zero-order valence-electron chi connectivity index (χ0n) is 59.3. The number of carbonyl (C=O) groups excluding carboxylic acids is 1. The summed E-state index contributed by atoms with van der Waals surface area (Å²) in [6, 6.07) is 57.3. The van der Waals surface area contributed by atoms with E-state index in [2.05, 4.69) is 25.4 Å². The van der Waals surface area contributed by atoms with Crippen molar-refractivity contribution in [1.82, 2.24) is 5.32 Å². The normalized spacial score (nSPS) is 26.1. The molecular formula is C76H107N7O24. The van der Waals surface area contributed by atoms with Gasteiger partial charge in [0.25, 0.3) is 0 Å². The monoisotopic (exact) mass is 1500 g/mol. The third-order valence-electron chi connectivity index (χ3n) is 17.5. The molecule has 107 heavy (non-hydrogen) atoms. The number of hydrogen-bond acceptors (Lipinski definition) is 21. The number of aliphatic hydroxyl groups excluding tert-OH is 5. The number of benzene rings is 6. The van der Waals surface area contributed by atoms with Gasteiger partial charge in [-0.25, -0.2) is 9.59 Å². The van der Waals surface area contributed by atoms with Crippen LogP contribution in [0.25, 0.3) is 20.9 Å². The smallest absolute Gasteiger partial charge is 0.332 e. The predicted octanol–water partition coefficient (Wildman–Crippen LogP) is 5.84. The predicted molar refractivity (Wildman–Crippen MR) is 394 cm³/mol. The first kappa shape index (κ1) is 94.8. The molecule has 11 rings (SSSR count). The zero-order valence-corrected chi connectivity index (χ0v) is 59.3. The van der Waals surface area contributed by atoms with Crippen molar-refractivity contribution in [3.05, 3.63) is 236 Å². The minimum atomic E-state index is -1.02. The number of nitrogens with zero attached hydrogens (tertiary/aromatic N) is 6. The number of ketones is 1. The summed E-state index contributed by atoms with van der Waals surface area (Å²) in [5.74, 6) is -1.98. The summed E-state index contributed by atoms with van der Waals surface area (Å²) in [6.45, 7) is 6.72. The standard InChI is InChI=1S/C22H27NO4.C20H22O5.C14H19N3O3.C13H16O5.C6H11N3O3.CH4.4H2O/c1-16-22(23-13-20(25)18-10-6-3-7-11-18)21(12-19(14-24)27-16)26-15-17-8-4-2-5-9-17;21-20(22)18-11-17(23-12-15-7-3-1-4-8-15)19(14-25-18)24-13-16-9-5-2-6-10-16;1-10-13(7-18)19-9-12(16-17-15)14(10)20-8-11-5-3-2-4-6-11;14-10-8-18-12(13(15)16)6-11(10)17-7-9-4-2-1-3-5-9;7-9-8-5-3-12-4(2-10)1-6(5)11;;;;;/h2-11,16,19,21-24H,12-15H2,1H3;1-10,17-19H,11-14H2,(H,21,22);2-6,10,12-14,18H,7-9H2,1H3;1-5,10-12,14H,6-8H2,(H,15,16);4-6,10-11H,1-3H2;1H4;4*1H2/t16-,19?,21?,22?;;10-,12?,13?,14?;;;;;;;/m1.1......./s1. The van der Waals surface area contributed by atoms with E-state index in [0.29, 0.717) is 51.4 Å². The van der Waals surface area contributed by atoms with Crippen LogP contribution in [0.2, 0.25) is 0 Å². The van der Waals surface area contributed by atoms with Gasteiger partial charge in [-0.3, -0.25) is 4.79 Å². The minimum Gasteiger partial charge on any atom is -0.479 e. The molecule has 16 N–H and O–H groups in total. The van der Waals surface area contributed by atoms with Gasteiger partial charge in [-0.15, -0.1) is 0 Å². The average Bonchev–Trinajstić information content (AvgIpc) is 0.832. The van der Waals surface area contributed by atoms with Gasteiger partial charge in [0.2, 0.25) is 0 Å². The molecule has 0 spiro atoms. The molecule has 17 atom stereocenters. The lowest BCUT2D eigenvalue weighted by Crippen LogP contribution is -2.56. The second-order valence-electron chi connectivity index (χ2n) is 24.9. The van der Waals surface area contributed by atoms with Crippen LogP contribution < -0.4 is 5.32 Å². The second kappa shape index (κ2) is 52.7. The molecule has 5 aliphatic heterocycles. The van der Waals surface area contributed by atoms with Crippen molar-refractivity contribution in [2.24, 2.45) is 16.1 Å². The van der Waals surface area contributed by atoms with Crippen molar-refractivity contribution >= 4 is 17.7 Å². The molecule has 0 aromatic heterocycles. The van der Waals surface area contributed by atoms with Gasteiger partial charge in [0.15, 0.2) is 18.0 Å². The number of ether oxygens (including phenoxy) is 10. The van der Waals surface area contributed by atoms with Crippen LogP contribution in [0.1, 0.15) is 85.1 Å². The van der Waals surface area contributed by atoms with Crippen molar-refractivity contribution in [2.75, 3.05) is 52.8 Å². The summed E-state index contributed by atoms with van der Waals surface area (Å²) < 4.78 is 56.5. The number of carboxylic acid groups (broad SMARTS) is 2. The van der Waals surface area contributed by atoms with Gasteiger partial charge in [0.05, 0.1) is 159 Å². The van der Waals surface area contributed by atoms with E-state index >= 15 is 0 Å². The van der Waals surface area contributed by atoms with Crippen LogP contribution in [-0.4, -0.2) is 226 Å². The summed E-state index contributed by atoms with van der Waals surface area (Å²) in [5, 5.41) is 75.0. The van der Waals surface area contributed by atoms with Gasteiger partial charge < -0.3 is 110 Å². The first-order valence-electron chi connectivity index (χ1n) is 34.0. The number of aliphatic hydroxyl groups is 5. The maximum atomic E-state index is 12.4. The number of rotatable bonds is 26. The highest BCUT2D eigenvalue weighted by Crippen LogP contribution is 2.29. The van der Waals surface area contributed by atoms with Gasteiger partial charge in [-0.1, -0.05) is 207 Å². The summed E-state index contributed by atoms with van der Waals surface area (Å²) in [4.78, 5) is 39.9. The van der Waals surface area contributed by atoms with E-state index < -0.39 is 48.5 Å². The molecule has 6 aromatic rings. The Balaban J connectivity index is 0.000000458. The Hall–Kier alpha value is -8.25. The molecule has 0 amide bonds. The fraction of sp³-hybridized carbons (Fsp3) is 0.487. The number of azide groups is 2. The largest absolute Gasteiger partial charge is 0.479 e. The number of Topliss-reactive ketones (excluding diaryl/α,β-unsaturated/α-hetero) is 1. The molecule has 590 valence electrons. The third kappa shape index (κ3) is 32.6. The van der Waals surface area contributed by atoms with Crippen molar-refractivity contribution in [1.29, 1.82) is 0 Å². The fourth-order valence-electron chi connectivity index (χ4n) is 11.7. The van der Waals surface area contributed by atoms with Crippen LogP contribution in [0.5, 0.6) is 0 Å². The molecule has 6 aromatic carbocycles. The van der Waals surface area contributed by atoms with E-state index in [4.69, 9.17) is 68.6 Å². The Kier molecular flexibility index (Phi) is 46.7. The second-order valence-corrected chi connectivity index (χ2v) is 24.9. The highest BCUT2D eigenvalue weighted by Gasteiger charge is 2.40. The number of carboxylic acids is 2. The van der Waals surface area contributed by atoms with Crippen LogP contribution in [0.15, 0.2) is 192 Å². The molecule has 0 bridgehead atoms. The highest BCUT2D eigenvalue weighted by atomic mass is 16.6. The SMILES string of the molecule is C.C[C@@H]1C(CO)OCC(N=[N+]=[N-])C1OCc1ccccc1.C[C@H]1OC(CO)CC(OCc2ccccc2)C1NCC(=O)c1ccccc1.O.O.O.O.O=C(O)C1CC(OCc2ccccc2)C(O)CO1.O=C(O)C1CC(OCc2ccccc2)C(OCc2ccccc2)CO1.[N-]=[N+]=NC1COC(CO)CC1O. The topological polar surface area (TPSA) is 521 Å². The Morgan fingerprint density at radius 2 is 0.869 bits per heavy atom. The van der Waals surface area contributed by atoms with E-state index in [0.717, 1.165) is 27.8 Å². The van der Waals surface area contributed by atoms with Crippen molar-refractivity contribution in [2.45, 2.75) is 177 Å². The van der Waals surface area contributed by atoms with E-state index in [1.165, 1.54) is 0 Å². The Bertz CT molecular complexity index is 3440. The van der Waals surface area contributed by atoms with Gasteiger partial charge in [-0.05, 0) is 45.8 Å². The Morgan fingerprint density at radius 1 is 0.467 bits per heavy atom. The number of hydrogen-bond donors (Lipinski definition) is 8. The number of aliphatic carboxylic acids is 2. The molecule has 31 heteroatoms. The Morgan fingerprint density at radius 3 is 1.31 bits per heavy atom. The van der Waals surface area contributed by atoms with Crippen LogP contribution in [0.3, 0.4) is 0 Å². The zero-order chi connectivity index (χ0) is 72.9. The summed E-state index contributed by atoms with van der Waals surface area (Å²) >= 11 is 0. The molecular weight excluding hydrogens is 1390 g/mol. The summed E-state index contributed by atoms with van der Waals surface area (Å²) in [6.07, 6.45) is -4.39. The maximum absolute atomic E-state index is 12.4. The lowest BCUT2D eigenvalue weighted by Gasteiger charge is -2.40. The Labute approximate surface area is 622 Å². The van der Waals surface area contributed by atoms with Crippen LogP contribution in [0, 0.1) is 5.92 Å². The van der Waals surface area contributed by atoms with Gasteiger partial charge in [0, 0.05) is 47.0 Å². The molecule has 0 saturated carbocycles. The van der Waals surface area contributed by atoms with E-state index in [1.807, 2.05) is 196 Å². The van der Waals surface area contributed by atoms with E-state index in [1.54, 1.807) is 0 Å². The van der Waals surface area contributed by atoms with Crippen LogP contribution >= 0.6 is 0 Å². The number of carbonyl (C=O) groups is 3. The molecule has 0 radical (unpaired) electrons. The molecule has 5 saturated heterocycles. The minimum absolute atomic E-state index is 0.